The van der Waals surface area contributed by atoms with E-state index in [2.05, 4.69) is 15.9 Å². The van der Waals surface area contributed by atoms with Crippen molar-refractivity contribution in [2.75, 3.05) is 32.8 Å². The van der Waals surface area contributed by atoms with Gasteiger partial charge in [0.25, 0.3) is 0 Å². The molecule has 0 saturated carbocycles. The summed E-state index contributed by atoms with van der Waals surface area (Å²) in [5.74, 6) is 1.27. The highest BCUT2D eigenvalue weighted by Gasteiger charge is 2.30. The maximum absolute atomic E-state index is 12.6. The summed E-state index contributed by atoms with van der Waals surface area (Å²) in [6.45, 7) is 4.86. The van der Waals surface area contributed by atoms with E-state index in [1.807, 2.05) is 12.1 Å². The second-order valence-electron chi connectivity index (χ2n) is 6.74. The van der Waals surface area contributed by atoms with Gasteiger partial charge in [-0.05, 0) is 36.6 Å². The Morgan fingerprint density at radius 3 is 3.14 bits per heavy atom. The first-order valence-corrected chi connectivity index (χ1v) is 8.56. The predicted molar refractivity (Wildman–Crippen MR) is 85.1 cm³/mol. The summed E-state index contributed by atoms with van der Waals surface area (Å²) in [4.78, 5) is 17.3. The summed E-state index contributed by atoms with van der Waals surface area (Å²) < 4.78 is 5.53. The van der Waals surface area contributed by atoms with Gasteiger partial charge in [0.15, 0.2) is 0 Å². The van der Waals surface area contributed by atoms with Crippen LogP contribution < -0.4 is 4.74 Å². The molecule has 22 heavy (non-hydrogen) atoms. The highest BCUT2D eigenvalue weighted by molar-refractivity contribution is 5.79. The first kappa shape index (κ1) is 14.1. The number of hydrogen-bond acceptors (Lipinski definition) is 3. The molecule has 4 heteroatoms. The van der Waals surface area contributed by atoms with Gasteiger partial charge in [-0.1, -0.05) is 18.6 Å². The molecule has 1 amide bonds. The van der Waals surface area contributed by atoms with E-state index in [4.69, 9.17) is 4.74 Å². The van der Waals surface area contributed by atoms with Gasteiger partial charge in [-0.25, -0.2) is 0 Å². The summed E-state index contributed by atoms with van der Waals surface area (Å²) in [7, 11) is 0. The van der Waals surface area contributed by atoms with Crippen LogP contribution in [0.3, 0.4) is 0 Å². The molecule has 0 spiro atoms. The molecule has 3 heterocycles. The average molecular weight is 300 g/mol. The Kier molecular flexibility index (Phi) is 3.78. The number of piperazine rings is 1. The van der Waals surface area contributed by atoms with Crippen LogP contribution in [0, 0.1) is 0 Å². The minimum absolute atomic E-state index is 0.282. The summed E-state index contributed by atoms with van der Waals surface area (Å²) in [6, 6.07) is 6.81. The van der Waals surface area contributed by atoms with Gasteiger partial charge in [-0.2, -0.15) is 0 Å². The Bertz CT molecular complexity index is 572. The lowest BCUT2D eigenvalue weighted by atomic mass is 9.99. The fourth-order valence-electron chi connectivity index (χ4n) is 4.02. The lowest BCUT2D eigenvalue weighted by Gasteiger charge is -2.44. The molecule has 4 rings (SSSR count). The summed E-state index contributed by atoms with van der Waals surface area (Å²) in [5.41, 5.74) is 2.38. The van der Waals surface area contributed by atoms with E-state index in [1.165, 1.54) is 31.4 Å². The molecule has 0 aromatic heterocycles. The lowest BCUT2D eigenvalue weighted by Crippen LogP contribution is -2.56. The topological polar surface area (TPSA) is 32.8 Å². The van der Waals surface area contributed by atoms with Crippen molar-refractivity contribution < 1.29 is 9.53 Å². The van der Waals surface area contributed by atoms with Crippen molar-refractivity contribution in [1.29, 1.82) is 0 Å². The van der Waals surface area contributed by atoms with E-state index in [-0.39, 0.29) is 5.91 Å². The first-order valence-electron chi connectivity index (χ1n) is 8.56. The number of carbonyl (C=O) groups excluding carboxylic acids is 1. The van der Waals surface area contributed by atoms with Crippen molar-refractivity contribution in [2.24, 2.45) is 0 Å². The zero-order chi connectivity index (χ0) is 14.9. The van der Waals surface area contributed by atoms with Gasteiger partial charge in [0.05, 0.1) is 13.0 Å². The van der Waals surface area contributed by atoms with E-state index < -0.39 is 0 Å². The van der Waals surface area contributed by atoms with Crippen molar-refractivity contribution in [3.63, 3.8) is 0 Å². The molecule has 3 aliphatic heterocycles. The third-order valence-corrected chi connectivity index (χ3v) is 5.30. The van der Waals surface area contributed by atoms with Gasteiger partial charge in [0.2, 0.25) is 5.91 Å². The zero-order valence-electron chi connectivity index (χ0n) is 13.1. The molecule has 1 aromatic rings. The number of piperidine rings is 1. The van der Waals surface area contributed by atoms with E-state index in [9.17, 15) is 4.79 Å². The fourth-order valence-corrected chi connectivity index (χ4v) is 4.02. The number of benzene rings is 1. The molecule has 0 unspecified atom stereocenters. The fraction of sp³-hybridized carbons (Fsp3) is 0.611. The van der Waals surface area contributed by atoms with E-state index in [1.54, 1.807) is 0 Å². The number of amides is 1. The molecule has 4 nitrogen and oxygen atoms in total. The van der Waals surface area contributed by atoms with Crippen molar-refractivity contribution in [2.45, 2.75) is 38.1 Å². The molecule has 0 N–H and O–H groups in total. The Hall–Kier alpha value is -1.55. The van der Waals surface area contributed by atoms with E-state index in [0.717, 1.165) is 44.0 Å². The highest BCUT2D eigenvalue weighted by Crippen LogP contribution is 2.26. The van der Waals surface area contributed by atoms with Gasteiger partial charge >= 0.3 is 0 Å². The molecule has 0 aliphatic carbocycles. The van der Waals surface area contributed by atoms with Gasteiger partial charge in [-0.3, -0.25) is 9.69 Å². The van der Waals surface area contributed by atoms with Crippen molar-refractivity contribution in [1.82, 2.24) is 9.80 Å². The molecule has 2 fully saturated rings. The largest absolute Gasteiger partial charge is 0.493 e. The van der Waals surface area contributed by atoms with Crippen LogP contribution >= 0.6 is 0 Å². The van der Waals surface area contributed by atoms with E-state index in [0.29, 0.717) is 12.5 Å². The Balaban J connectivity index is 1.39. The normalized spacial score (nSPS) is 24.5. The number of rotatable bonds is 2. The Morgan fingerprint density at radius 2 is 2.18 bits per heavy atom. The van der Waals surface area contributed by atoms with Crippen molar-refractivity contribution in [3.8, 4) is 5.75 Å². The maximum Gasteiger partial charge on any atom is 0.227 e. The molecule has 118 valence electrons. The van der Waals surface area contributed by atoms with Crippen LogP contribution in [-0.4, -0.2) is 54.5 Å². The predicted octanol–water partition coefficient (Wildman–Crippen LogP) is 1.86. The van der Waals surface area contributed by atoms with Crippen LogP contribution in [0.2, 0.25) is 0 Å². The minimum Gasteiger partial charge on any atom is -0.493 e. The van der Waals surface area contributed by atoms with Crippen LogP contribution in [0.4, 0.5) is 0 Å². The third kappa shape index (κ3) is 2.72. The van der Waals surface area contributed by atoms with E-state index >= 15 is 0 Å². The maximum atomic E-state index is 12.6. The number of nitrogens with zero attached hydrogens (tertiary/aromatic N) is 2. The van der Waals surface area contributed by atoms with Gasteiger partial charge in [-0.15, -0.1) is 0 Å². The summed E-state index contributed by atoms with van der Waals surface area (Å²) >= 11 is 0. The first-order chi connectivity index (χ1) is 10.8. The second kappa shape index (κ2) is 5.92. The molecular weight excluding hydrogens is 276 g/mol. The van der Waals surface area contributed by atoms with Crippen molar-refractivity contribution in [3.05, 3.63) is 29.3 Å². The average Bonchev–Trinajstić information content (AvgIpc) is 3.02. The SMILES string of the molecule is O=C(Cc1ccc2c(c1)CCO2)N1CCN2CCCC[C@@H]2C1. The smallest absolute Gasteiger partial charge is 0.227 e. The Morgan fingerprint density at radius 1 is 1.23 bits per heavy atom. The molecule has 1 aromatic carbocycles. The summed E-state index contributed by atoms with van der Waals surface area (Å²) in [6.07, 6.45) is 5.38. The van der Waals surface area contributed by atoms with Gasteiger partial charge in [0.1, 0.15) is 5.75 Å². The number of carbonyl (C=O) groups is 1. The highest BCUT2D eigenvalue weighted by atomic mass is 16.5. The van der Waals surface area contributed by atoms with Crippen LogP contribution in [-0.2, 0) is 17.6 Å². The van der Waals surface area contributed by atoms with Gasteiger partial charge in [0, 0.05) is 32.1 Å². The number of hydrogen-bond donors (Lipinski definition) is 0. The lowest BCUT2D eigenvalue weighted by molar-refractivity contribution is -0.134. The van der Waals surface area contributed by atoms with Crippen LogP contribution in [0.15, 0.2) is 18.2 Å². The van der Waals surface area contributed by atoms with Gasteiger partial charge < -0.3 is 9.64 Å². The quantitative estimate of drug-likeness (QED) is 0.836. The van der Waals surface area contributed by atoms with Crippen LogP contribution in [0.1, 0.15) is 30.4 Å². The van der Waals surface area contributed by atoms with Crippen LogP contribution in [0.5, 0.6) is 5.75 Å². The summed E-state index contributed by atoms with van der Waals surface area (Å²) in [5, 5.41) is 0. The minimum atomic E-state index is 0.282. The monoisotopic (exact) mass is 300 g/mol. The molecule has 2 saturated heterocycles. The molecular formula is C18H24N2O2. The Labute approximate surface area is 132 Å². The molecule has 1 atom stereocenters. The standard InChI is InChI=1S/C18H24N2O2/c21-18(12-14-4-5-17-15(11-14)6-10-22-17)20-9-8-19-7-2-1-3-16(19)13-20/h4-5,11,16H,1-3,6-10,12-13H2/t16-/m1/s1. The molecule has 0 radical (unpaired) electrons. The van der Waals surface area contributed by atoms with Crippen LogP contribution in [0.25, 0.3) is 0 Å². The third-order valence-electron chi connectivity index (χ3n) is 5.30. The number of fused-ring (bicyclic) bond motifs is 2. The zero-order valence-corrected chi connectivity index (χ0v) is 13.1. The number of ether oxygens (including phenoxy) is 1. The van der Waals surface area contributed by atoms with Crippen molar-refractivity contribution >= 4 is 5.91 Å². The molecule has 0 bridgehead atoms. The second-order valence-corrected chi connectivity index (χ2v) is 6.74. The molecule has 3 aliphatic rings.